The lowest BCUT2D eigenvalue weighted by Crippen LogP contribution is -2.49. The van der Waals surface area contributed by atoms with E-state index in [1.54, 1.807) is 13.0 Å². The summed E-state index contributed by atoms with van der Waals surface area (Å²) in [6.45, 7) is 8.96. The number of carbonyl (C=O) groups excluding carboxylic acids is 2. The molecule has 0 spiro atoms. The minimum Gasteiger partial charge on any atom is -0.465 e. The average Bonchev–Trinajstić information content (AvgIpc) is 2.76. The van der Waals surface area contributed by atoms with Crippen molar-refractivity contribution in [2.24, 2.45) is 11.8 Å². The molecule has 3 atom stereocenters. The maximum absolute atomic E-state index is 12.3. The van der Waals surface area contributed by atoms with Crippen molar-refractivity contribution in [2.45, 2.75) is 39.0 Å². The maximum atomic E-state index is 12.3. The zero-order chi connectivity index (χ0) is 21.7. The summed E-state index contributed by atoms with van der Waals surface area (Å²) in [5.41, 5.74) is 2.99. The van der Waals surface area contributed by atoms with E-state index in [1.807, 2.05) is 30.3 Å². The smallest absolute Gasteiger partial charge is 0.337 e. The van der Waals surface area contributed by atoms with Gasteiger partial charge in [-0.05, 0) is 60.9 Å². The lowest BCUT2D eigenvalue weighted by molar-refractivity contribution is -0.121. The molecule has 2 aromatic rings. The summed E-state index contributed by atoms with van der Waals surface area (Å²) in [6.07, 6.45) is 1.79. The number of hydrogen-bond acceptors (Lipinski definition) is 4. The third kappa shape index (κ3) is 4.99. The van der Waals surface area contributed by atoms with E-state index in [0.717, 1.165) is 32.5 Å². The molecule has 0 aliphatic carbocycles. The van der Waals surface area contributed by atoms with Gasteiger partial charge in [0.25, 0.3) is 0 Å². The SMILES string of the molecule is COC(=O)c1cccc([C@]2(C)CCN(C[C@H](Cc3ccccc3)C(C)=O)C[C@@H]2C)c1. The zero-order valence-electron chi connectivity index (χ0n) is 18.6. The van der Waals surface area contributed by atoms with Crippen molar-refractivity contribution in [1.29, 1.82) is 0 Å². The molecule has 1 aliphatic heterocycles. The van der Waals surface area contributed by atoms with Gasteiger partial charge in [0.05, 0.1) is 12.7 Å². The van der Waals surface area contributed by atoms with Crippen molar-refractivity contribution in [1.82, 2.24) is 4.90 Å². The van der Waals surface area contributed by atoms with Gasteiger partial charge < -0.3 is 9.64 Å². The van der Waals surface area contributed by atoms with E-state index >= 15 is 0 Å². The van der Waals surface area contributed by atoms with Gasteiger partial charge in [0.1, 0.15) is 5.78 Å². The summed E-state index contributed by atoms with van der Waals surface area (Å²) in [4.78, 5) is 26.7. The highest BCUT2D eigenvalue weighted by molar-refractivity contribution is 5.89. The summed E-state index contributed by atoms with van der Waals surface area (Å²) in [7, 11) is 1.42. The number of rotatable bonds is 7. The molecule has 2 aromatic carbocycles. The molecule has 3 rings (SSSR count). The van der Waals surface area contributed by atoms with Gasteiger partial charge in [-0.1, -0.05) is 56.3 Å². The Kier molecular flexibility index (Phi) is 7.09. The number of Topliss-reactive ketones (excluding diaryl/α,β-unsaturated/α-hetero) is 1. The van der Waals surface area contributed by atoms with E-state index in [9.17, 15) is 9.59 Å². The van der Waals surface area contributed by atoms with Crippen molar-refractivity contribution in [3.63, 3.8) is 0 Å². The Bertz CT molecular complexity index is 879. The van der Waals surface area contributed by atoms with Crippen LogP contribution in [0.2, 0.25) is 0 Å². The van der Waals surface area contributed by atoms with Crippen LogP contribution < -0.4 is 0 Å². The van der Waals surface area contributed by atoms with E-state index < -0.39 is 0 Å². The zero-order valence-corrected chi connectivity index (χ0v) is 18.6. The Labute approximate surface area is 180 Å². The third-order valence-electron chi connectivity index (χ3n) is 6.89. The number of nitrogens with zero attached hydrogens (tertiary/aromatic N) is 1. The van der Waals surface area contributed by atoms with Gasteiger partial charge in [-0.3, -0.25) is 4.79 Å². The van der Waals surface area contributed by atoms with Crippen molar-refractivity contribution >= 4 is 11.8 Å². The number of ketones is 1. The number of methoxy groups -OCH3 is 1. The number of ether oxygens (including phenoxy) is 1. The molecule has 4 heteroatoms. The summed E-state index contributed by atoms with van der Waals surface area (Å²) in [5.74, 6) is 0.386. The van der Waals surface area contributed by atoms with Crippen LogP contribution in [0, 0.1) is 11.8 Å². The van der Waals surface area contributed by atoms with Crippen LogP contribution in [-0.2, 0) is 21.4 Å². The van der Waals surface area contributed by atoms with Gasteiger partial charge in [0.15, 0.2) is 0 Å². The highest BCUT2D eigenvalue weighted by Crippen LogP contribution is 2.40. The molecular weight excluding hydrogens is 374 g/mol. The second-order valence-corrected chi connectivity index (χ2v) is 8.90. The molecule has 1 aliphatic rings. The van der Waals surface area contributed by atoms with Gasteiger partial charge in [0.2, 0.25) is 0 Å². The fraction of sp³-hybridized carbons (Fsp3) is 0.462. The Morgan fingerprint density at radius 3 is 2.53 bits per heavy atom. The van der Waals surface area contributed by atoms with Crippen LogP contribution in [0.15, 0.2) is 54.6 Å². The molecule has 0 amide bonds. The first-order valence-electron chi connectivity index (χ1n) is 10.8. The summed E-state index contributed by atoms with van der Waals surface area (Å²) in [6, 6.07) is 18.1. The van der Waals surface area contributed by atoms with Crippen molar-refractivity contribution in [3.05, 3.63) is 71.3 Å². The Balaban J connectivity index is 1.69. The molecule has 30 heavy (non-hydrogen) atoms. The van der Waals surface area contributed by atoms with Gasteiger partial charge in [-0.25, -0.2) is 4.79 Å². The van der Waals surface area contributed by atoms with E-state index in [1.165, 1.54) is 18.2 Å². The van der Waals surface area contributed by atoms with E-state index in [4.69, 9.17) is 4.74 Å². The molecule has 0 unspecified atom stereocenters. The lowest BCUT2D eigenvalue weighted by Gasteiger charge is -2.46. The lowest BCUT2D eigenvalue weighted by atomic mass is 9.67. The monoisotopic (exact) mass is 407 g/mol. The number of likely N-dealkylation sites (tertiary alicyclic amines) is 1. The minimum absolute atomic E-state index is 0.00825. The van der Waals surface area contributed by atoms with Crippen molar-refractivity contribution < 1.29 is 14.3 Å². The molecule has 0 bridgehead atoms. The van der Waals surface area contributed by atoms with Crippen LogP contribution in [0.3, 0.4) is 0 Å². The molecule has 0 radical (unpaired) electrons. The van der Waals surface area contributed by atoms with E-state index in [2.05, 4.69) is 36.9 Å². The maximum Gasteiger partial charge on any atom is 0.337 e. The largest absolute Gasteiger partial charge is 0.465 e. The van der Waals surface area contributed by atoms with E-state index in [-0.39, 0.29) is 23.1 Å². The minimum atomic E-state index is -0.296. The number of esters is 1. The Morgan fingerprint density at radius 1 is 1.17 bits per heavy atom. The van der Waals surface area contributed by atoms with Gasteiger partial charge in [-0.15, -0.1) is 0 Å². The Hall–Kier alpha value is -2.46. The van der Waals surface area contributed by atoms with E-state index in [0.29, 0.717) is 11.5 Å². The van der Waals surface area contributed by atoms with Crippen molar-refractivity contribution in [2.75, 3.05) is 26.7 Å². The topological polar surface area (TPSA) is 46.6 Å². The molecule has 1 fully saturated rings. The summed E-state index contributed by atoms with van der Waals surface area (Å²) >= 11 is 0. The molecule has 160 valence electrons. The van der Waals surface area contributed by atoms with Crippen LogP contribution >= 0.6 is 0 Å². The van der Waals surface area contributed by atoms with Crippen LogP contribution in [-0.4, -0.2) is 43.4 Å². The number of piperidine rings is 1. The molecule has 4 nitrogen and oxygen atoms in total. The second-order valence-electron chi connectivity index (χ2n) is 8.90. The second kappa shape index (κ2) is 9.57. The standard InChI is InChI=1S/C26H33NO3/c1-19-17-27(18-23(20(2)28)15-21-9-6-5-7-10-21)14-13-26(19,3)24-12-8-11-22(16-24)25(29)30-4/h5-12,16,19,23H,13-15,17-18H2,1-4H3/t19-,23-,26+/m0/s1. The highest BCUT2D eigenvalue weighted by atomic mass is 16.5. The van der Waals surface area contributed by atoms with Crippen LogP contribution in [0.25, 0.3) is 0 Å². The van der Waals surface area contributed by atoms with Crippen LogP contribution in [0.1, 0.15) is 48.7 Å². The van der Waals surface area contributed by atoms with Gasteiger partial charge in [-0.2, -0.15) is 0 Å². The Morgan fingerprint density at radius 2 is 1.90 bits per heavy atom. The first kappa shape index (κ1) is 22.2. The third-order valence-corrected chi connectivity index (χ3v) is 6.89. The summed E-state index contributed by atoms with van der Waals surface area (Å²) < 4.78 is 4.89. The predicted octanol–water partition coefficient (Wildman–Crippen LogP) is 4.52. The number of hydrogen-bond donors (Lipinski definition) is 0. The fourth-order valence-electron chi connectivity index (χ4n) is 4.58. The molecular formula is C26H33NO3. The molecule has 1 saturated heterocycles. The number of carbonyl (C=O) groups is 2. The first-order valence-corrected chi connectivity index (χ1v) is 10.8. The highest BCUT2D eigenvalue weighted by Gasteiger charge is 2.39. The van der Waals surface area contributed by atoms with Crippen molar-refractivity contribution in [3.8, 4) is 0 Å². The van der Waals surface area contributed by atoms with Gasteiger partial charge in [0, 0.05) is 19.0 Å². The normalized spacial score (nSPS) is 23.0. The fourth-order valence-corrected chi connectivity index (χ4v) is 4.58. The molecule has 0 N–H and O–H groups in total. The quantitative estimate of drug-likeness (QED) is 0.633. The summed E-state index contributed by atoms with van der Waals surface area (Å²) in [5, 5.41) is 0. The molecule has 0 saturated carbocycles. The molecule has 0 aromatic heterocycles. The van der Waals surface area contributed by atoms with Gasteiger partial charge >= 0.3 is 5.97 Å². The number of benzene rings is 2. The first-order chi connectivity index (χ1) is 14.3. The predicted molar refractivity (Wildman–Crippen MR) is 120 cm³/mol. The van der Waals surface area contributed by atoms with Crippen LogP contribution in [0.5, 0.6) is 0 Å². The van der Waals surface area contributed by atoms with Crippen LogP contribution in [0.4, 0.5) is 0 Å². The average molecular weight is 408 g/mol. The molecule has 1 heterocycles.